The number of hydrogen-bond donors (Lipinski definition) is 1. The molecule has 1 aliphatic carbocycles. The summed E-state index contributed by atoms with van der Waals surface area (Å²) in [5.74, 6) is 1.72. The Morgan fingerprint density at radius 2 is 2.13 bits per heavy atom. The van der Waals surface area contributed by atoms with E-state index >= 15 is 0 Å². The maximum Gasteiger partial charge on any atom is 0.231 e. The quantitative estimate of drug-likeness (QED) is 0.850. The summed E-state index contributed by atoms with van der Waals surface area (Å²) < 4.78 is 10.9. The predicted molar refractivity (Wildman–Crippen MR) is 84.0 cm³/mol. The molecule has 1 saturated heterocycles. The van der Waals surface area contributed by atoms with Gasteiger partial charge in [-0.15, -0.1) is 0 Å². The van der Waals surface area contributed by atoms with Gasteiger partial charge in [-0.3, -0.25) is 4.90 Å². The molecule has 1 N–H and O–H groups in total. The number of likely N-dealkylation sites (tertiary alicyclic amines) is 1. The largest absolute Gasteiger partial charge is 0.454 e. The van der Waals surface area contributed by atoms with E-state index in [-0.39, 0.29) is 18.8 Å². The third-order valence-electron chi connectivity index (χ3n) is 5.68. The van der Waals surface area contributed by atoms with Crippen LogP contribution in [0.4, 0.5) is 0 Å². The highest BCUT2D eigenvalue weighted by Gasteiger charge is 2.48. The van der Waals surface area contributed by atoms with Gasteiger partial charge in [0.1, 0.15) is 0 Å². The Morgan fingerprint density at radius 3 is 3.00 bits per heavy atom. The molecule has 0 radical (unpaired) electrons. The Kier molecular flexibility index (Phi) is 3.67. The first-order chi connectivity index (χ1) is 11.2. The lowest BCUT2D eigenvalue weighted by molar-refractivity contribution is -0.121. The van der Waals surface area contributed by atoms with Crippen molar-refractivity contribution in [1.82, 2.24) is 4.90 Å². The van der Waals surface area contributed by atoms with Crippen molar-refractivity contribution in [2.24, 2.45) is 5.92 Å². The molecule has 2 fully saturated rings. The Bertz CT molecular complexity index is 642. The van der Waals surface area contributed by atoms with Crippen molar-refractivity contribution in [2.45, 2.75) is 43.7 Å². The first-order valence-corrected chi connectivity index (χ1v) is 8.44. The summed E-state index contributed by atoms with van der Waals surface area (Å²) in [5, 5.41) is 20.3. The van der Waals surface area contributed by atoms with Crippen molar-refractivity contribution in [2.75, 3.05) is 19.9 Å². The molecule has 3 atom stereocenters. The molecule has 122 valence electrons. The second-order valence-corrected chi connectivity index (χ2v) is 6.89. The maximum atomic E-state index is 11.1. The Morgan fingerprint density at radius 1 is 1.26 bits per heavy atom. The van der Waals surface area contributed by atoms with Gasteiger partial charge in [-0.25, -0.2) is 0 Å². The van der Waals surface area contributed by atoms with Crippen LogP contribution in [0.15, 0.2) is 18.2 Å². The highest BCUT2D eigenvalue weighted by atomic mass is 16.7. The molecular weight excluding hydrogens is 292 g/mol. The molecule has 0 unspecified atom stereocenters. The second-order valence-electron chi connectivity index (χ2n) is 6.89. The van der Waals surface area contributed by atoms with Crippen LogP contribution in [-0.2, 0) is 0 Å². The van der Waals surface area contributed by atoms with Crippen LogP contribution in [0.5, 0.6) is 11.5 Å². The molecular formula is C18H22N2O3. The minimum absolute atomic E-state index is 0.0724. The smallest absolute Gasteiger partial charge is 0.231 e. The van der Waals surface area contributed by atoms with E-state index in [9.17, 15) is 10.4 Å². The van der Waals surface area contributed by atoms with Gasteiger partial charge in [-0.1, -0.05) is 18.9 Å². The van der Waals surface area contributed by atoms with Crippen LogP contribution < -0.4 is 9.47 Å². The summed E-state index contributed by atoms with van der Waals surface area (Å²) in [4.78, 5) is 2.21. The van der Waals surface area contributed by atoms with E-state index in [2.05, 4.69) is 17.0 Å². The molecule has 1 aromatic rings. The molecule has 3 aliphatic rings. The molecule has 2 heterocycles. The Labute approximate surface area is 136 Å². The van der Waals surface area contributed by atoms with Gasteiger partial charge < -0.3 is 14.6 Å². The Hall–Kier alpha value is -1.77. The number of ether oxygens (including phenoxy) is 2. The van der Waals surface area contributed by atoms with Crippen LogP contribution in [0, 0.1) is 17.2 Å². The van der Waals surface area contributed by atoms with Gasteiger partial charge in [0.15, 0.2) is 11.5 Å². The Balaban J connectivity index is 1.72. The minimum Gasteiger partial charge on any atom is -0.454 e. The fourth-order valence-electron chi connectivity index (χ4n) is 4.55. The van der Waals surface area contributed by atoms with Crippen molar-refractivity contribution in [3.05, 3.63) is 23.8 Å². The van der Waals surface area contributed by atoms with Gasteiger partial charge >= 0.3 is 0 Å². The van der Waals surface area contributed by atoms with E-state index in [4.69, 9.17) is 9.47 Å². The maximum absolute atomic E-state index is 11.1. The van der Waals surface area contributed by atoms with Gasteiger partial charge in [-0.05, 0) is 37.0 Å². The molecule has 5 nitrogen and oxygen atoms in total. The van der Waals surface area contributed by atoms with Crippen molar-refractivity contribution >= 4 is 0 Å². The molecule has 0 aromatic heterocycles. The predicted octanol–water partition coefficient (Wildman–Crippen LogP) is 2.61. The van der Waals surface area contributed by atoms with Crippen LogP contribution in [0.2, 0.25) is 0 Å². The number of fused-ring (bicyclic) bond motifs is 2. The van der Waals surface area contributed by atoms with Crippen molar-refractivity contribution in [3.8, 4) is 17.6 Å². The second kappa shape index (κ2) is 5.70. The van der Waals surface area contributed by atoms with Crippen LogP contribution in [0.1, 0.15) is 43.7 Å². The van der Waals surface area contributed by atoms with Gasteiger partial charge in [0.25, 0.3) is 0 Å². The van der Waals surface area contributed by atoms with E-state index < -0.39 is 5.60 Å². The van der Waals surface area contributed by atoms with Gasteiger partial charge in [0.2, 0.25) is 6.79 Å². The molecule has 5 heteroatoms. The zero-order chi connectivity index (χ0) is 15.9. The van der Waals surface area contributed by atoms with Crippen LogP contribution >= 0.6 is 0 Å². The van der Waals surface area contributed by atoms with E-state index in [1.807, 2.05) is 12.1 Å². The molecule has 2 aliphatic heterocycles. The van der Waals surface area contributed by atoms with Crippen molar-refractivity contribution in [3.63, 3.8) is 0 Å². The van der Waals surface area contributed by atoms with E-state index in [1.54, 1.807) is 0 Å². The molecule has 4 rings (SSSR count). The minimum atomic E-state index is -0.592. The number of piperidine rings is 1. The topological polar surface area (TPSA) is 65.7 Å². The zero-order valence-corrected chi connectivity index (χ0v) is 13.2. The standard InChI is InChI=1S/C18H22N2O3/c19-8-10-20-9-7-18(21)6-2-1-3-14(18)17(20)13-4-5-15-16(11-13)23-12-22-15/h4-5,11,14,17,21H,1-3,6-7,9-10,12H2/t14-,17-,18-/m1/s1. The average molecular weight is 314 g/mol. The van der Waals surface area contributed by atoms with E-state index in [1.165, 1.54) is 0 Å². The van der Waals surface area contributed by atoms with E-state index in [0.717, 1.165) is 55.7 Å². The highest BCUT2D eigenvalue weighted by Crippen LogP contribution is 2.50. The van der Waals surface area contributed by atoms with Gasteiger partial charge in [0, 0.05) is 18.5 Å². The van der Waals surface area contributed by atoms with Gasteiger partial charge in [-0.2, -0.15) is 5.26 Å². The summed E-state index contributed by atoms with van der Waals surface area (Å²) in [7, 11) is 0. The van der Waals surface area contributed by atoms with Crippen molar-refractivity contribution in [1.29, 1.82) is 5.26 Å². The lowest BCUT2D eigenvalue weighted by Crippen LogP contribution is -2.54. The summed E-state index contributed by atoms with van der Waals surface area (Å²) in [6.07, 6.45) is 4.89. The molecule has 1 aromatic carbocycles. The monoisotopic (exact) mass is 314 g/mol. The number of hydrogen-bond acceptors (Lipinski definition) is 5. The number of rotatable bonds is 2. The van der Waals surface area contributed by atoms with Crippen LogP contribution in [0.3, 0.4) is 0 Å². The third kappa shape index (κ3) is 2.46. The summed E-state index contributed by atoms with van der Waals surface area (Å²) in [6, 6.07) is 8.39. The first-order valence-electron chi connectivity index (χ1n) is 8.44. The third-order valence-corrected chi connectivity index (χ3v) is 5.68. The summed E-state index contributed by atoms with van der Waals surface area (Å²) >= 11 is 0. The fourth-order valence-corrected chi connectivity index (χ4v) is 4.55. The number of aliphatic hydroxyl groups is 1. The highest BCUT2D eigenvalue weighted by molar-refractivity contribution is 5.45. The number of nitriles is 1. The molecule has 23 heavy (non-hydrogen) atoms. The van der Waals surface area contributed by atoms with Crippen LogP contribution in [0.25, 0.3) is 0 Å². The molecule has 0 amide bonds. The summed E-state index contributed by atoms with van der Waals surface area (Å²) in [5.41, 5.74) is 0.528. The molecule has 0 spiro atoms. The average Bonchev–Trinajstić information content (AvgIpc) is 3.02. The van der Waals surface area contributed by atoms with Gasteiger partial charge in [0.05, 0.1) is 18.2 Å². The lowest BCUT2D eigenvalue weighted by atomic mass is 9.66. The summed E-state index contributed by atoms with van der Waals surface area (Å²) in [6.45, 7) is 1.42. The normalized spacial score (nSPS) is 33.0. The van der Waals surface area contributed by atoms with E-state index in [0.29, 0.717) is 6.54 Å². The van der Waals surface area contributed by atoms with Crippen LogP contribution in [-0.4, -0.2) is 35.5 Å². The lowest BCUT2D eigenvalue weighted by Gasteiger charge is -2.52. The zero-order valence-electron chi connectivity index (χ0n) is 13.2. The van der Waals surface area contributed by atoms with Crippen molar-refractivity contribution < 1.29 is 14.6 Å². The first kappa shape index (κ1) is 14.8. The SMILES string of the molecule is N#CCN1CC[C@]2(O)CCCC[C@@H]2[C@H]1c1ccc2c(c1)OCO2. The number of nitrogens with zero attached hydrogens (tertiary/aromatic N) is 2. The molecule has 1 saturated carbocycles. The molecule has 0 bridgehead atoms. The number of benzene rings is 1. The fraction of sp³-hybridized carbons (Fsp3) is 0.611.